The van der Waals surface area contributed by atoms with Crippen molar-refractivity contribution in [2.75, 3.05) is 41.7 Å². The highest BCUT2D eigenvalue weighted by Gasteiger charge is 2.21. The Balaban J connectivity index is 1.33. The summed E-state index contributed by atoms with van der Waals surface area (Å²) in [6.45, 7) is 2.59. The quantitative estimate of drug-likeness (QED) is 0.491. The van der Waals surface area contributed by atoms with Crippen LogP contribution in [0, 0.1) is 11.6 Å². The average molecular weight is 530 g/mol. The van der Waals surface area contributed by atoms with Crippen LogP contribution in [0.4, 0.5) is 30.8 Å². The summed E-state index contributed by atoms with van der Waals surface area (Å²) in [4.78, 5) is 33.3. The van der Waals surface area contributed by atoms with Crippen LogP contribution < -0.4 is 15.5 Å². The van der Waals surface area contributed by atoms with Gasteiger partial charge >= 0.3 is 6.03 Å². The van der Waals surface area contributed by atoms with Crippen LogP contribution in [-0.4, -0.2) is 48.0 Å². The molecule has 3 aromatic rings. The third kappa shape index (κ3) is 5.88. The fourth-order valence-electron chi connectivity index (χ4n) is 3.68. The molecule has 1 aliphatic heterocycles. The number of anilines is 3. The maximum Gasteiger partial charge on any atom is 0.323 e. The number of carbonyl (C=O) groups is 2. The molecular formula is C24H22BrF2N5O2. The van der Waals surface area contributed by atoms with Gasteiger partial charge in [-0.2, -0.15) is 0 Å². The van der Waals surface area contributed by atoms with Crippen molar-refractivity contribution in [3.8, 4) is 0 Å². The topological polar surface area (TPSA) is 77.6 Å². The molecule has 0 radical (unpaired) electrons. The number of carbonyl (C=O) groups excluding carboxylic acids is 2. The summed E-state index contributed by atoms with van der Waals surface area (Å²) in [7, 11) is 0. The monoisotopic (exact) mass is 529 g/mol. The van der Waals surface area contributed by atoms with Gasteiger partial charge in [0.1, 0.15) is 17.5 Å². The summed E-state index contributed by atoms with van der Waals surface area (Å²) in [6, 6.07) is 13.1. The van der Waals surface area contributed by atoms with E-state index in [1.807, 2.05) is 29.2 Å². The SMILES string of the molecule is O=C(Nc1ccc(N2CCCN(C(=O)c3cccc(Br)c3)CC2)nc1)Nc1ccc(F)cc1F. The van der Waals surface area contributed by atoms with Crippen LogP contribution in [0.1, 0.15) is 16.8 Å². The van der Waals surface area contributed by atoms with Crippen molar-refractivity contribution >= 4 is 45.1 Å². The maximum atomic E-state index is 13.7. The van der Waals surface area contributed by atoms with E-state index in [0.29, 0.717) is 37.0 Å². The van der Waals surface area contributed by atoms with Crippen molar-refractivity contribution in [2.45, 2.75) is 6.42 Å². The summed E-state index contributed by atoms with van der Waals surface area (Å²) in [5, 5.41) is 4.91. The molecule has 0 atom stereocenters. The Hall–Kier alpha value is -3.53. The molecule has 176 valence electrons. The highest BCUT2D eigenvalue weighted by atomic mass is 79.9. The molecule has 0 spiro atoms. The first-order valence-corrected chi connectivity index (χ1v) is 11.5. The number of benzene rings is 2. The standard InChI is InChI=1S/C24H22BrF2N5O2/c25-17-4-1-3-16(13-17)23(33)32-10-2-9-31(11-12-32)22-8-6-19(15-28-22)29-24(34)30-21-7-5-18(26)14-20(21)27/h1,3-8,13-15H,2,9-12H2,(H2,29,30,34). The molecule has 1 aromatic heterocycles. The van der Waals surface area contributed by atoms with E-state index < -0.39 is 17.7 Å². The van der Waals surface area contributed by atoms with Gasteiger partial charge in [0.05, 0.1) is 17.6 Å². The van der Waals surface area contributed by atoms with Crippen LogP contribution in [0.2, 0.25) is 0 Å². The van der Waals surface area contributed by atoms with Crippen LogP contribution >= 0.6 is 15.9 Å². The zero-order chi connectivity index (χ0) is 24.1. The van der Waals surface area contributed by atoms with Gasteiger partial charge in [-0.3, -0.25) is 4.79 Å². The fraction of sp³-hybridized carbons (Fsp3) is 0.208. The number of amides is 3. The Labute approximate surface area is 203 Å². The molecule has 10 heteroatoms. The smallest absolute Gasteiger partial charge is 0.323 e. The average Bonchev–Trinajstić information content (AvgIpc) is 3.07. The first-order valence-electron chi connectivity index (χ1n) is 10.7. The Bertz CT molecular complexity index is 1190. The molecule has 3 amide bonds. The molecule has 0 unspecified atom stereocenters. The highest BCUT2D eigenvalue weighted by molar-refractivity contribution is 9.10. The van der Waals surface area contributed by atoms with Crippen LogP contribution in [0.5, 0.6) is 0 Å². The minimum absolute atomic E-state index is 0.000684. The van der Waals surface area contributed by atoms with E-state index in [0.717, 1.165) is 35.4 Å². The third-order valence-corrected chi connectivity index (χ3v) is 5.86. The lowest BCUT2D eigenvalue weighted by atomic mass is 10.2. The number of pyridine rings is 1. The molecule has 2 N–H and O–H groups in total. The molecule has 1 saturated heterocycles. The number of aromatic nitrogens is 1. The first kappa shape index (κ1) is 23.6. The van der Waals surface area contributed by atoms with Crippen molar-refractivity contribution in [1.29, 1.82) is 0 Å². The number of halogens is 3. The van der Waals surface area contributed by atoms with E-state index in [-0.39, 0.29) is 11.6 Å². The predicted octanol–water partition coefficient (Wildman–Crippen LogP) is 5.12. The van der Waals surface area contributed by atoms with Gasteiger partial charge in [0.15, 0.2) is 0 Å². The van der Waals surface area contributed by atoms with E-state index in [1.165, 1.54) is 6.20 Å². The van der Waals surface area contributed by atoms with Gasteiger partial charge in [0.25, 0.3) is 5.91 Å². The molecule has 0 saturated carbocycles. The molecule has 2 heterocycles. The summed E-state index contributed by atoms with van der Waals surface area (Å²) in [5.74, 6) is -0.860. The minimum atomic E-state index is -0.864. The van der Waals surface area contributed by atoms with Crippen molar-refractivity contribution in [3.63, 3.8) is 0 Å². The van der Waals surface area contributed by atoms with Crippen LogP contribution in [0.15, 0.2) is 65.3 Å². The number of hydrogen-bond donors (Lipinski definition) is 2. The zero-order valence-corrected chi connectivity index (χ0v) is 19.7. The van der Waals surface area contributed by atoms with E-state index in [9.17, 15) is 18.4 Å². The summed E-state index contributed by atoms with van der Waals surface area (Å²) in [6.07, 6.45) is 2.30. The number of nitrogens with one attached hydrogen (secondary N) is 2. The second-order valence-corrected chi connectivity index (χ2v) is 8.67. The number of urea groups is 1. The Morgan fingerprint density at radius 3 is 2.53 bits per heavy atom. The summed E-state index contributed by atoms with van der Waals surface area (Å²) >= 11 is 3.41. The van der Waals surface area contributed by atoms with E-state index in [4.69, 9.17) is 0 Å². The lowest BCUT2D eigenvalue weighted by molar-refractivity contribution is 0.0767. The van der Waals surface area contributed by atoms with E-state index in [1.54, 1.807) is 12.1 Å². The molecule has 0 bridgehead atoms. The van der Waals surface area contributed by atoms with Crippen LogP contribution in [0.3, 0.4) is 0 Å². The summed E-state index contributed by atoms with van der Waals surface area (Å²) < 4.78 is 27.6. The molecule has 1 aliphatic rings. The maximum absolute atomic E-state index is 13.7. The normalized spacial score (nSPS) is 13.9. The zero-order valence-electron chi connectivity index (χ0n) is 18.1. The molecule has 34 heavy (non-hydrogen) atoms. The van der Waals surface area contributed by atoms with Crippen molar-refractivity contribution < 1.29 is 18.4 Å². The van der Waals surface area contributed by atoms with Gasteiger partial charge in [-0.05, 0) is 48.9 Å². The van der Waals surface area contributed by atoms with Gasteiger partial charge in [-0.1, -0.05) is 22.0 Å². The fourth-order valence-corrected chi connectivity index (χ4v) is 4.08. The van der Waals surface area contributed by atoms with Gasteiger partial charge in [-0.25, -0.2) is 18.6 Å². The Kier molecular flexibility index (Phi) is 7.36. The second-order valence-electron chi connectivity index (χ2n) is 7.75. The molecule has 4 rings (SSSR count). The van der Waals surface area contributed by atoms with Gasteiger partial charge in [-0.15, -0.1) is 0 Å². The van der Waals surface area contributed by atoms with Crippen molar-refractivity contribution in [2.24, 2.45) is 0 Å². The minimum Gasteiger partial charge on any atom is -0.355 e. The largest absolute Gasteiger partial charge is 0.355 e. The second kappa shape index (κ2) is 10.6. The Morgan fingerprint density at radius 2 is 1.79 bits per heavy atom. The molecule has 0 aliphatic carbocycles. The van der Waals surface area contributed by atoms with Gasteiger partial charge in [0.2, 0.25) is 0 Å². The molecule has 2 aromatic carbocycles. The van der Waals surface area contributed by atoms with Gasteiger partial charge < -0.3 is 20.4 Å². The lowest BCUT2D eigenvalue weighted by Crippen LogP contribution is -2.35. The van der Waals surface area contributed by atoms with Gasteiger partial charge in [0, 0.05) is 42.3 Å². The highest BCUT2D eigenvalue weighted by Crippen LogP contribution is 2.20. The van der Waals surface area contributed by atoms with Crippen LogP contribution in [-0.2, 0) is 0 Å². The predicted molar refractivity (Wildman–Crippen MR) is 130 cm³/mol. The first-order chi connectivity index (χ1) is 16.4. The number of rotatable bonds is 4. The summed E-state index contributed by atoms with van der Waals surface area (Å²) in [5.41, 5.74) is 0.940. The Morgan fingerprint density at radius 1 is 0.941 bits per heavy atom. The lowest BCUT2D eigenvalue weighted by Gasteiger charge is -2.23. The number of nitrogens with zero attached hydrogens (tertiary/aromatic N) is 3. The molecular weight excluding hydrogens is 508 g/mol. The van der Waals surface area contributed by atoms with E-state index >= 15 is 0 Å². The molecule has 1 fully saturated rings. The van der Waals surface area contributed by atoms with E-state index in [2.05, 4.69) is 36.4 Å². The third-order valence-electron chi connectivity index (χ3n) is 5.36. The number of hydrogen-bond acceptors (Lipinski definition) is 4. The van der Waals surface area contributed by atoms with Crippen molar-refractivity contribution in [3.05, 3.63) is 82.5 Å². The van der Waals surface area contributed by atoms with Crippen LogP contribution in [0.25, 0.3) is 0 Å². The van der Waals surface area contributed by atoms with Crippen molar-refractivity contribution in [1.82, 2.24) is 9.88 Å². The molecule has 7 nitrogen and oxygen atoms in total.